The summed E-state index contributed by atoms with van der Waals surface area (Å²) in [6.45, 7) is 2.88. The molecule has 1 atom stereocenters. The summed E-state index contributed by atoms with van der Waals surface area (Å²) in [6, 6.07) is 6.35. The molecule has 0 saturated heterocycles. The minimum Gasteiger partial charge on any atom is -0.372 e. The van der Waals surface area contributed by atoms with Crippen LogP contribution >= 0.6 is 0 Å². The summed E-state index contributed by atoms with van der Waals surface area (Å²) in [4.78, 5) is 3.61. The lowest BCUT2D eigenvalue weighted by atomic mass is 9.93. The van der Waals surface area contributed by atoms with E-state index in [1.165, 1.54) is 42.5 Å². The maximum absolute atomic E-state index is 9.45. The largest absolute Gasteiger partial charge is 0.372 e. The molecule has 114 valence electrons. The highest BCUT2D eigenvalue weighted by atomic mass is 16.5. The van der Waals surface area contributed by atoms with Gasteiger partial charge < -0.3 is 9.72 Å². The maximum atomic E-state index is 9.45. The molecule has 1 aromatic heterocycles. The van der Waals surface area contributed by atoms with Gasteiger partial charge in [0.25, 0.3) is 0 Å². The summed E-state index contributed by atoms with van der Waals surface area (Å²) >= 11 is 0. The number of hydrogen-bond donors (Lipinski definition) is 1. The van der Waals surface area contributed by atoms with E-state index in [-0.39, 0.29) is 6.10 Å². The summed E-state index contributed by atoms with van der Waals surface area (Å²) in [5, 5.41) is 10.6. The van der Waals surface area contributed by atoms with Crippen LogP contribution in [0, 0.1) is 24.2 Å². The predicted molar refractivity (Wildman–Crippen MR) is 86.7 cm³/mol. The Hall–Kier alpha value is -1.79. The molecule has 1 saturated carbocycles. The van der Waals surface area contributed by atoms with Gasteiger partial charge in [0.05, 0.1) is 29.9 Å². The third-order valence-corrected chi connectivity index (χ3v) is 5.44. The number of fused-ring (bicyclic) bond motifs is 3. The third kappa shape index (κ3) is 2.14. The van der Waals surface area contributed by atoms with Crippen molar-refractivity contribution in [3.8, 4) is 6.07 Å². The summed E-state index contributed by atoms with van der Waals surface area (Å²) in [5.41, 5.74) is 5.69. The number of aromatic amines is 1. The highest BCUT2D eigenvalue weighted by molar-refractivity contribution is 5.92. The molecule has 1 aromatic carbocycles. The number of rotatable bonds is 2. The smallest absolute Gasteiger partial charge is 0.0998 e. The first kappa shape index (κ1) is 13.8. The zero-order chi connectivity index (χ0) is 15.1. The van der Waals surface area contributed by atoms with Crippen molar-refractivity contribution in [3.05, 3.63) is 34.5 Å². The Labute approximate surface area is 131 Å². The fourth-order valence-corrected chi connectivity index (χ4v) is 4.28. The highest BCUT2D eigenvalue weighted by Crippen LogP contribution is 2.40. The van der Waals surface area contributed by atoms with Crippen molar-refractivity contribution < 1.29 is 4.74 Å². The van der Waals surface area contributed by atoms with Crippen molar-refractivity contribution in [2.75, 3.05) is 6.61 Å². The second kappa shape index (κ2) is 5.44. The van der Waals surface area contributed by atoms with E-state index in [2.05, 4.69) is 18.0 Å². The molecule has 1 aliphatic heterocycles. The Morgan fingerprint density at radius 1 is 1.32 bits per heavy atom. The summed E-state index contributed by atoms with van der Waals surface area (Å²) in [6.07, 6.45) is 7.65. The molecule has 0 amide bonds. The van der Waals surface area contributed by atoms with Crippen LogP contribution in [0.5, 0.6) is 0 Å². The Kier molecular flexibility index (Phi) is 3.43. The van der Waals surface area contributed by atoms with E-state index in [1.54, 1.807) is 0 Å². The summed E-state index contributed by atoms with van der Waals surface area (Å²) in [5.74, 6) is 0.805. The number of hydrogen-bond acceptors (Lipinski definition) is 2. The van der Waals surface area contributed by atoms with Crippen molar-refractivity contribution in [2.45, 2.75) is 51.6 Å². The molecule has 1 fully saturated rings. The SMILES string of the molecule is Cc1ccc(C#N)c2c3c([nH]c12)C(CC1CCCC1)OCC3. The Morgan fingerprint density at radius 3 is 2.91 bits per heavy atom. The Morgan fingerprint density at radius 2 is 2.14 bits per heavy atom. The minimum atomic E-state index is 0.185. The van der Waals surface area contributed by atoms with Crippen LogP contribution in [0.2, 0.25) is 0 Å². The Bertz CT molecular complexity index is 747. The lowest BCUT2D eigenvalue weighted by Gasteiger charge is -2.25. The topological polar surface area (TPSA) is 48.8 Å². The molecule has 3 heteroatoms. The molecular weight excluding hydrogens is 272 g/mol. The zero-order valence-corrected chi connectivity index (χ0v) is 13.1. The second-order valence-corrected chi connectivity index (χ2v) is 6.80. The van der Waals surface area contributed by atoms with Crippen LogP contribution in [0.1, 0.15) is 60.6 Å². The second-order valence-electron chi connectivity index (χ2n) is 6.80. The van der Waals surface area contributed by atoms with E-state index in [0.29, 0.717) is 0 Å². The van der Waals surface area contributed by atoms with Crippen molar-refractivity contribution in [1.82, 2.24) is 4.98 Å². The van der Waals surface area contributed by atoms with Crippen LogP contribution < -0.4 is 0 Å². The lowest BCUT2D eigenvalue weighted by molar-refractivity contribution is 0.0236. The number of nitriles is 1. The number of H-pyrrole nitrogens is 1. The van der Waals surface area contributed by atoms with Crippen LogP contribution in [0.15, 0.2) is 12.1 Å². The molecule has 3 nitrogen and oxygen atoms in total. The van der Waals surface area contributed by atoms with Crippen LogP contribution in [-0.2, 0) is 11.2 Å². The quantitative estimate of drug-likeness (QED) is 0.883. The zero-order valence-electron chi connectivity index (χ0n) is 13.1. The van der Waals surface area contributed by atoms with E-state index >= 15 is 0 Å². The average molecular weight is 294 g/mol. The first-order valence-electron chi connectivity index (χ1n) is 8.43. The molecule has 22 heavy (non-hydrogen) atoms. The monoisotopic (exact) mass is 294 g/mol. The molecular formula is C19H22N2O. The lowest BCUT2D eigenvalue weighted by Crippen LogP contribution is -2.18. The fraction of sp³-hybridized carbons (Fsp3) is 0.526. The third-order valence-electron chi connectivity index (χ3n) is 5.44. The molecule has 1 unspecified atom stereocenters. The van der Waals surface area contributed by atoms with Crippen LogP contribution in [0.3, 0.4) is 0 Å². The fourth-order valence-electron chi connectivity index (χ4n) is 4.28. The minimum absolute atomic E-state index is 0.185. The standard InChI is InChI=1S/C19H22N2O/c1-12-6-7-14(11-20)17-15-8-9-22-16(19(15)21-18(12)17)10-13-4-2-3-5-13/h6-7,13,16,21H,2-5,8-10H2,1H3. The number of ether oxygens (including phenoxy) is 1. The van der Waals surface area contributed by atoms with Crippen molar-refractivity contribution in [3.63, 3.8) is 0 Å². The number of benzene rings is 1. The molecule has 2 heterocycles. The number of nitrogens with one attached hydrogen (secondary N) is 1. The predicted octanol–water partition coefficient (Wildman–Crippen LogP) is 4.54. The van der Waals surface area contributed by atoms with Gasteiger partial charge in [-0.2, -0.15) is 5.26 Å². The van der Waals surface area contributed by atoms with Gasteiger partial charge in [0.2, 0.25) is 0 Å². The maximum Gasteiger partial charge on any atom is 0.0998 e. The van der Waals surface area contributed by atoms with E-state index in [4.69, 9.17) is 4.74 Å². The van der Waals surface area contributed by atoms with E-state index in [0.717, 1.165) is 41.8 Å². The van der Waals surface area contributed by atoms with Crippen molar-refractivity contribution in [2.24, 2.45) is 5.92 Å². The van der Waals surface area contributed by atoms with Gasteiger partial charge in [-0.3, -0.25) is 0 Å². The van der Waals surface area contributed by atoms with E-state index in [9.17, 15) is 5.26 Å². The summed E-state index contributed by atoms with van der Waals surface area (Å²) < 4.78 is 6.10. The van der Waals surface area contributed by atoms with Crippen molar-refractivity contribution >= 4 is 10.9 Å². The molecule has 4 rings (SSSR count). The van der Waals surface area contributed by atoms with Gasteiger partial charge in [-0.05, 0) is 42.9 Å². The molecule has 1 aliphatic carbocycles. The van der Waals surface area contributed by atoms with Gasteiger partial charge in [-0.25, -0.2) is 0 Å². The van der Waals surface area contributed by atoms with Gasteiger partial charge in [0.1, 0.15) is 0 Å². The van der Waals surface area contributed by atoms with Gasteiger partial charge in [0.15, 0.2) is 0 Å². The van der Waals surface area contributed by atoms with Gasteiger partial charge >= 0.3 is 0 Å². The van der Waals surface area contributed by atoms with Gasteiger partial charge in [0, 0.05) is 11.1 Å². The first-order valence-corrected chi connectivity index (χ1v) is 8.43. The normalized spacial score (nSPS) is 21.9. The molecule has 0 radical (unpaired) electrons. The number of nitrogens with zero attached hydrogens (tertiary/aromatic N) is 1. The number of aromatic nitrogens is 1. The van der Waals surface area contributed by atoms with Gasteiger partial charge in [-0.15, -0.1) is 0 Å². The average Bonchev–Trinajstić information content (AvgIpc) is 3.16. The molecule has 0 bridgehead atoms. The van der Waals surface area contributed by atoms with Crippen molar-refractivity contribution in [1.29, 1.82) is 5.26 Å². The van der Waals surface area contributed by atoms with E-state index in [1.807, 2.05) is 12.1 Å². The first-order chi connectivity index (χ1) is 10.8. The van der Waals surface area contributed by atoms with E-state index < -0.39 is 0 Å². The molecule has 2 aromatic rings. The Balaban J connectivity index is 1.80. The molecule has 2 aliphatic rings. The number of aryl methyl sites for hydroxylation is 1. The van der Waals surface area contributed by atoms with Crippen LogP contribution in [0.4, 0.5) is 0 Å². The van der Waals surface area contributed by atoms with Crippen LogP contribution in [0.25, 0.3) is 10.9 Å². The molecule has 1 N–H and O–H groups in total. The highest BCUT2D eigenvalue weighted by Gasteiger charge is 2.29. The van der Waals surface area contributed by atoms with Crippen LogP contribution in [-0.4, -0.2) is 11.6 Å². The van der Waals surface area contributed by atoms with Gasteiger partial charge in [-0.1, -0.05) is 31.7 Å². The molecule has 0 spiro atoms. The summed E-state index contributed by atoms with van der Waals surface area (Å²) in [7, 11) is 0.